The van der Waals surface area contributed by atoms with Crippen LogP contribution in [0.4, 0.5) is 5.69 Å². The number of carbonyl (C=O) groups is 2. The van der Waals surface area contributed by atoms with E-state index < -0.39 is 17.3 Å². The molecule has 1 aliphatic heterocycles. The Kier molecular flexibility index (Phi) is 9.25. The Morgan fingerprint density at radius 3 is 2.38 bits per heavy atom. The number of rotatable bonds is 7. The highest BCUT2D eigenvalue weighted by molar-refractivity contribution is 8.00. The van der Waals surface area contributed by atoms with Crippen molar-refractivity contribution in [3.8, 4) is 11.5 Å². The first-order chi connectivity index (χ1) is 18.9. The molecule has 9 heteroatoms. The average Bonchev–Trinajstić information content (AvgIpc) is 3.06. The van der Waals surface area contributed by atoms with Gasteiger partial charge >= 0.3 is 5.97 Å². The lowest BCUT2D eigenvalue weighted by molar-refractivity contribution is -0.127. The van der Waals surface area contributed by atoms with E-state index in [1.807, 2.05) is 73.6 Å². The summed E-state index contributed by atoms with van der Waals surface area (Å²) in [5, 5.41) is 11.8. The summed E-state index contributed by atoms with van der Waals surface area (Å²) in [4.78, 5) is 32.4. The minimum Gasteiger partial charge on any atom is -0.507 e. The van der Waals surface area contributed by atoms with Gasteiger partial charge in [0.15, 0.2) is 6.10 Å². The van der Waals surface area contributed by atoms with Gasteiger partial charge < -0.3 is 24.4 Å². The van der Waals surface area contributed by atoms with Gasteiger partial charge in [-0.3, -0.25) is 4.79 Å². The van der Waals surface area contributed by atoms with E-state index in [9.17, 15) is 14.7 Å². The van der Waals surface area contributed by atoms with Crippen LogP contribution < -0.4 is 9.64 Å². The average molecular weight is 579 g/mol. The van der Waals surface area contributed by atoms with Crippen LogP contribution in [-0.2, 0) is 9.53 Å². The monoisotopic (exact) mass is 578 g/mol. The molecule has 1 N–H and O–H groups in total. The first-order valence-electron chi connectivity index (χ1n) is 12.6. The van der Waals surface area contributed by atoms with Crippen molar-refractivity contribution < 1.29 is 24.2 Å². The quantitative estimate of drug-likeness (QED) is 0.272. The van der Waals surface area contributed by atoms with Gasteiger partial charge in [-0.15, -0.1) is 24.2 Å². The number of phenolic OH excluding ortho intramolecular Hbond substituents is 1. The molecular formula is C31H31ClN2O5S. The maximum Gasteiger partial charge on any atom is 0.342 e. The maximum absolute atomic E-state index is 14.3. The fourth-order valence-electron chi connectivity index (χ4n) is 4.66. The van der Waals surface area contributed by atoms with Crippen molar-refractivity contribution in [3.63, 3.8) is 0 Å². The molecule has 1 amide bonds. The maximum atomic E-state index is 14.3. The molecule has 4 aromatic rings. The van der Waals surface area contributed by atoms with Crippen LogP contribution in [0.5, 0.6) is 11.5 Å². The van der Waals surface area contributed by atoms with E-state index in [4.69, 9.17) is 9.47 Å². The molecule has 0 aromatic heterocycles. The number of esters is 1. The number of anilines is 1. The number of para-hydroxylation sites is 1. The van der Waals surface area contributed by atoms with Crippen molar-refractivity contribution in [3.05, 3.63) is 96.1 Å². The molecule has 0 saturated heterocycles. The van der Waals surface area contributed by atoms with Crippen LogP contribution >= 0.6 is 24.2 Å². The second kappa shape index (κ2) is 12.6. The van der Waals surface area contributed by atoms with Crippen molar-refractivity contribution in [2.45, 2.75) is 16.2 Å². The molecule has 0 spiro atoms. The first kappa shape index (κ1) is 29.3. The summed E-state index contributed by atoms with van der Waals surface area (Å²) in [6.45, 7) is 1.04. The molecule has 0 fully saturated rings. The summed E-state index contributed by atoms with van der Waals surface area (Å²) in [6, 6.07) is 25.7. The third kappa shape index (κ3) is 5.89. The predicted octanol–water partition coefficient (Wildman–Crippen LogP) is 5.94. The summed E-state index contributed by atoms with van der Waals surface area (Å²) in [6.07, 6.45) is -1.15. The van der Waals surface area contributed by atoms with Crippen LogP contribution in [0.1, 0.15) is 21.2 Å². The van der Waals surface area contributed by atoms with E-state index in [1.165, 1.54) is 23.9 Å². The summed E-state index contributed by atoms with van der Waals surface area (Å²) < 4.78 is 11.3. The number of phenols is 1. The summed E-state index contributed by atoms with van der Waals surface area (Å²) in [5.74, 6) is -0.585. The molecule has 2 atom stereocenters. The third-order valence-corrected chi connectivity index (χ3v) is 8.19. The number of hydrogen-bond donors (Lipinski definition) is 1. The van der Waals surface area contributed by atoms with E-state index in [2.05, 4.69) is 6.07 Å². The molecule has 1 aliphatic rings. The Hall–Kier alpha value is -3.72. The van der Waals surface area contributed by atoms with E-state index in [0.29, 0.717) is 18.8 Å². The number of amides is 1. The van der Waals surface area contributed by atoms with Crippen molar-refractivity contribution >= 4 is 52.5 Å². The zero-order chi connectivity index (χ0) is 27.5. The van der Waals surface area contributed by atoms with Gasteiger partial charge in [0.1, 0.15) is 17.1 Å². The number of ether oxygens (including phenoxy) is 2. The van der Waals surface area contributed by atoms with Crippen LogP contribution in [0.3, 0.4) is 0 Å². The van der Waals surface area contributed by atoms with Gasteiger partial charge in [-0.25, -0.2) is 4.79 Å². The predicted molar refractivity (Wildman–Crippen MR) is 161 cm³/mol. The lowest BCUT2D eigenvalue weighted by Gasteiger charge is -2.29. The van der Waals surface area contributed by atoms with Gasteiger partial charge in [-0.1, -0.05) is 54.6 Å². The fourth-order valence-corrected chi connectivity index (χ4v) is 6.12. The molecule has 7 nitrogen and oxygen atoms in total. The minimum atomic E-state index is -1.15. The van der Waals surface area contributed by atoms with Crippen LogP contribution in [0.2, 0.25) is 0 Å². The highest BCUT2D eigenvalue weighted by atomic mass is 35.5. The van der Waals surface area contributed by atoms with Gasteiger partial charge in [0.05, 0.1) is 18.0 Å². The van der Waals surface area contributed by atoms with Crippen molar-refractivity contribution in [1.82, 2.24) is 4.90 Å². The topological polar surface area (TPSA) is 79.3 Å². The lowest BCUT2D eigenvalue weighted by atomic mass is 10.0. The molecule has 0 unspecified atom stereocenters. The molecule has 40 heavy (non-hydrogen) atoms. The number of carbonyl (C=O) groups excluding carboxylic acids is 2. The van der Waals surface area contributed by atoms with Gasteiger partial charge in [0.2, 0.25) is 0 Å². The van der Waals surface area contributed by atoms with E-state index in [1.54, 1.807) is 24.1 Å². The molecule has 0 aliphatic carbocycles. The number of likely N-dealkylation sites (N-methyl/N-ethyl adjacent to an activating group) is 1. The fraction of sp³-hybridized carbons (Fsp3) is 0.226. The molecule has 5 rings (SSSR count). The van der Waals surface area contributed by atoms with Crippen LogP contribution in [-0.4, -0.2) is 62.3 Å². The molecule has 4 aromatic carbocycles. The Morgan fingerprint density at radius 1 is 0.975 bits per heavy atom. The van der Waals surface area contributed by atoms with Crippen molar-refractivity contribution in [2.24, 2.45) is 0 Å². The van der Waals surface area contributed by atoms with Crippen LogP contribution in [0.25, 0.3) is 10.8 Å². The number of aromatic hydroxyl groups is 1. The van der Waals surface area contributed by atoms with E-state index in [0.717, 1.165) is 26.9 Å². The standard InChI is InChI=1S/C31H30N2O5S.ClH/c1-32(2)18-19-33-25-17-14-20-8-4-5-9-23(20)29(25)39-28(21-12-15-22(37-3)16-13-21)27(30(33)35)38-31(36)24-10-6-7-11-26(24)34;/h4-17,27-28,34H,18-19H2,1-3H3;1H/t27-,28+;/m1./s1. The van der Waals surface area contributed by atoms with E-state index in [-0.39, 0.29) is 29.6 Å². The van der Waals surface area contributed by atoms with Gasteiger partial charge in [0.25, 0.3) is 5.91 Å². The molecule has 1 heterocycles. The summed E-state index contributed by atoms with van der Waals surface area (Å²) >= 11 is 1.51. The highest BCUT2D eigenvalue weighted by Gasteiger charge is 2.42. The molecule has 0 radical (unpaired) electrons. The van der Waals surface area contributed by atoms with E-state index >= 15 is 0 Å². The number of nitrogens with zero attached hydrogens (tertiary/aromatic N) is 2. The number of thioether (sulfide) groups is 1. The van der Waals surface area contributed by atoms with Gasteiger partial charge in [0, 0.05) is 18.0 Å². The second-order valence-corrected chi connectivity index (χ2v) is 10.7. The van der Waals surface area contributed by atoms with Crippen LogP contribution in [0.15, 0.2) is 89.8 Å². The largest absolute Gasteiger partial charge is 0.507 e. The summed E-state index contributed by atoms with van der Waals surface area (Å²) in [7, 11) is 5.50. The zero-order valence-electron chi connectivity index (χ0n) is 22.4. The van der Waals surface area contributed by atoms with Crippen molar-refractivity contribution in [2.75, 3.05) is 39.2 Å². The van der Waals surface area contributed by atoms with Crippen LogP contribution in [0, 0.1) is 0 Å². The number of fused-ring (bicyclic) bond motifs is 3. The molecular weight excluding hydrogens is 548 g/mol. The van der Waals surface area contributed by atoms with Gasteiger partial charge in [-0.05, 0) is 60.8 Å². The smallest absolute Gasteiger partial charge is 0.342 e. The Labute approximate surface area is 244 Å². The number of methoxy groups -OCH3 is 1. The minimum absolute atomic E-state index is 0. The number of benzene rings is 4. The SMILES string of the molecule is COc1ccc([C@@H]2Sc3c(ccc4ccccc34)N(CCN(C)C)C(=O)[C@@H]2OC(=O)c2ccccc2O)cc1.Cl. The first-order valence-corrected chi connectivity index (χ1v) is 13.5. The Morgan fingerprint density at radius 2 is 1.68 bits per heavy atom. The number of hydrogen-bond acceptors (Lipinski definition) is 7. The second-order valence-electron chi connectivity index (χ2n) is 9.58. The zero-order valence-corrected chi connectivity index (χ0v) is 24.1. The summed E-state index contributed by atoms with van der Waals surface area (Å²) in [5.41, 5.74) is 1.61. The van der Waals surface area contributed by atoms with Crippen molar-refractivity contribution in [1.29, 1.82) is 0 Å². The molecule has 208 valence electrons. The highest BCUT2D eigenvalue weighted by Crippen LogP contribution is 2.49. The normalized spacial score (nSPS) is 16.7. The number of halogens is 1. The molecule has 0 bridgehead atoms. The molecule has 0 saturated carbocycles. The Bertz CT molecular complexity index is 1510. The Balaban J connectivity index is 0.00000370. The third-order valence-electron chi connectivity index (χ3n) is 6.75. The lowest BCUT2D eigenvalue weighted by Crippen LogP contribution is -2.45. The van der Waals surface area contributed by atoms with Gasteiger partial charge in [-0.2, -0.15) is 0 Å².